The zero-order valence-corrected chi connectivity index (χ0v) is 16.1. The summed E-state index contributed by atoms with van der Waals surface area (Å²) in [6.45, 7) is 0.398. The van der Waals surface area contributed by atoms with Crippen LogP contribution in [0.1, 0.15) is 29.1 Å². The van der Waals surface area contributed by atoms with Crippen LogP contribution in [-0.2, 0) is 0 Å². The molecule has 9 heteroatoms. The molecule has 0 unspecified atom stereocenters. The number of carbonyl (C=O) groups is 1. The van der Waals surface area contributed by atoms with Gasteiger partial charge in [0, 0.05) is 24.0 Å². The molecule has 1 N–H and O–H groups in total. The number of halogens is 3. The Labute approximate surface area is 165 Å². The number of methoxy groups -OCH3 is 1. The number of benzene rings is 1. The number of carbonyl (C=O) groups excluding carboxylic acids is 1. The van der Waals surface area contributed by atoms with Crippen molar-refractivity contribution in [1.82, 2.24) is 14.9 Å². The molecule has 1 atom stereocenters. The molecule has 1 aromatic carbocycles. The van der Waals surface area contributed by atoms with Gasteiger partial charge in [0.05, 0.1) is 25.0 Å². The van der Waals surface area contributed by atoms with Crippen molar-refractivity contribution in [3.8, 4) is 11.5 Å². The lowest BCUT2D eigenvalue weighted by molar-refractivity contribution is -0.153. The van der Waals surface area contributed by atoms with E-state index in [1.165, 1.54) is 23.2 Å². The summed E-state index contributed by atoms with van der Waals surface area (Å²) < 4.78 is 46.5. The van der Waals surface area contributed by atoms with Gasteiger partial charge >= 0.3 is 6.18 Å². The van der Waals surface area contributed by atoms with E-state index < -0.39 is 18.8 Å². The van der Waals surface area contributed by atoms with Crippen LogP contribution in [0.4, 0.5) is 13.2 Å². The van der Waals surface area contributed by atoms with Gasteiger partial charge in [0.1, 0.15) is 17.2 Å². The van der Waals surface area contributed by atoms with Gasteiger partial charge < -0.3 is 19.4 Å². The molecule has 0 bridgehead atoms. The van der Waals surface area contributed by atoms with Gasteiger partial charge in [0.2, 0.25) is 0 Å². The van der Waals surface area contributed by atoms with Crippen molar-refractivity contribution in [2.24, 2.45) is 0 Å². The average Bonchev–Trinajstić information content (AvgIpc) is 3.13. The second-order valence-corrected chi connectivity index (χ2v) is 6.55. The maximum atomic E-state index is 12.8. The number of H-pyrrole nitrogens is 1. The second kappa shape index (κ2) is 8.02. The standard InChI is InChI=1S/C20H20F3N3O3/c1-12(16-7-6-15(10-24-16)29-11-20(21,22)23)26(2)19(27)18-8-13-4-5-14(28-3)9-17(13)25-18/h4-10,12,25H,11H2,1-3H3/t12-/m1/s1. The molecule has 0 fully saturated rings. The molecule has 6 nitrogen and oxygen atoms in total. The summed E-state index contributed by atoms with van der Waals surface area (Å²) in [6.07, 6.45) is -3.20. The second-order valence-electron chi connectivity index (χ2n) is 6.55. The fraction of sp³-hybridized carbons (Fsp3) is 0.300. The van der Waals surface area contributed by atoms with Crippen molar-refractivity contribution in [1.29, 1.82) is 0 Å². The molecule has 0 aliphatic carbocycles. The quantitative estimate of drug-likeness (QED) is 0.660. The monoisotopic (exact) mass is 407 g/mol. The number of nitrogens with zero attached hydrogens (tertiary/aromatic N) is 2. The van der Waals surface area contributed by atoms with Crippen molar-refractivity contribution in [2.75, 3.05) is 20.8 Å². The summed E-state index contributed by atoms with van der Waals surface area (Å²) in [5.74, 6) is 0.445. The number of pyridine rings is 1. The average molecular weight is 407 g/mol. The minimum absolute atomic E-state index is 0.0109. The number of aromatic nitrogens is 2. The van der Waals surface area contributed by atoms with Crippen molar-refractivity contribution < 1.29 is 27.4 Å². The molecule has 2 aromatic heterocycles. The molecule has 154 valence electrons. The molecule has 0 saturated carbocycles. The highest BCUT2D eigenvalue weighted by molar-refractivity contribution is 5.98. The Hall–Kier alpha value is -3.23. The number of aromatic amines is 1. The Morgan fingerprint density at radius 2 is 1.93 bits per heavy atom. The van der Waals surface area contributed by atoms with Crippen molar-refractivity contribution >= 4 is 16.8 Å². The van der Waals surface area contributed by atoms with E-state index in [-0.39, 0.29) is 11.7 Å². The van der Waals surface area contributed by atoms with Crippen LogP contribution < -0.4 is 9.47 Å². The van der Waals surface area contributed by atoms with Crippen LogP contribution in [0.3, 0.4) is 0 Å². The Bertz CT molecular complexity index is 1000. The molecule has 0 radical (unpaired) electrons. The summed E-state index contributed by atoms with van der Waals surface area (Å²) in [4.78, 5) is 21.6. The van der Waals surface area contributed by atoms with Gasteiger partial charge in [0.25, 0.3) is 5.91 Å². The predicted molar refractivity (Wildman–Crippen MR) is 101 cm³/mol. The zero-order valence-electron chi connectivity index (χ0n) is 16.1. The minimum atomic E-state index is -4.41. The SMILES string of the molecule is COc1ccc2cc(C(=O)N(C)[C@H](C)c3ccc(OCC(F)(F)F)cn3)[nH]c2c1. The van der Waals surface area contributed by atoms with Gasteiger partial charge in [-0.25, -0.2) is 0 Å². The summed E-state index contributed by atoms with van der Waals surface area (Å²) in [7, 11) is 3.20. The van der Waals surface area contributed by atoms with Crippen molar-refractivity contribution in [3.63, 3.8) is 0 Å². The van der Waals surface area contributed by atoms with Crippen LogP contribution in [-0.4, -0.2) is 47.7 Å². The lowest BCUT2D eigenvalue weighted by atomic mass is 10.1. The van der Waals surface area contributed by atoms with Gasteiger partial charge in [-0.2, -0.15) is 13.2 Å². The van der Waals surface area contributed by atoms with Gasteiger partial charge in [0.15, 0.2) is 6.61 Å². The Morgan fingerprint density at radius 3 is 2.55 bits per heavy atom. The highest BCUT2D eigenvalue weighted by Gasteiger charge is 2.28. The van der Waals surface area contributed by atoms with Crippen LogP contribution in [0.2, 0.25) is 0 Å². The van der Waals surface area contributed by atoms with E-state index in [4.69, 9.17) is 4.74 Å². The first-order chi connectivity index (χ1) is 13.7. The lowest BCUT2D eigenvalue weighted by Gasteiger charge is -2.24. The van der Waals surface area contributed by atoms with Crippen LogP contribution >= 0.6 is 0 Å². The first-order valence-corrected chi connectivity index (χ1v) is 8.77. The van der Waals surface area contributed by atoms with Crippen LogP contribution in [0, 0.1) is 0 Å². The van der Waals surface area contributed by atoms with E-state index in [1.54, 1.807) is 33.2 Å². The molecule has 0 spiro atoms. The van der Waals surface area contributed by atoms with E-state index in [2.05, 4.69) is 14.7 Å². The topological polar surface area (TPSA) is 67.4 Å². The molecule has 0 aliphatic heterocycles. The van der Waals surface area contributed by atoms with Crippen LogP contribution in [0.5, 0.6) is 11.5 Å². The van der Waals surface area contributed by atoms with Gasteiger partial charge in [-0.15, -0.1) is 0 Å². The summed E-state index contributed by atoms with van der Waals surface area (Å²) >= 11 is 0. The van der Waals surface area contributed by atoms with E-state index >= 15 is 0 Å². The molecule has 0 saturated heterocycles. The third-order valence-corrected chi connectivity index (χ3v) is 4.55. The summed E-state index contributed by atoms with van der Waals surface area (Å²) in [5.41, 5.74) is 1.71. The van der Waals surface area contributed by atoms with Gasteiger partial charge in [-0.05, 0) is 37.3 Å². The highest BCUT2D eigenvalue weighted by atomic mass is 19.4. The molecule has 3 rings (SSSR count). The third kappa shape index (κ3) is 4.79. The largest absolute Gasteiger partial charge is 0.497 e. The smallest absolute Gasteiger partial charge is 0.422 e. The molecular weight excluding hydrogens is 387 g/mol. The summed E-state index contributed by atoms with van der Waals surface area (Å²) in [5, 5.41) is 0.875. The fourth-order valence-electron chi connectivity index (χ4n) is 2.80. The molecule has 1 amide bonds. The fourth-order valence-corrected chi connectivity index (χ4v) is 2.80. The van der Waals surface area contributed by atoms with E-state index in [1.807, 2.05) is 12.1 Å². The maximum absolute atomic E-state index is 12.8. The van der Waals surface area contributed by atoms with E-state index in [9.17, 15) is 18.0 Å². The maximum Gasteiger partial charge on any atom is 0.422 e. The Kier molecular flexibility index (Phi) is 5.67. The number of ether oxygens (including phenoxy) is 2. The number of hydrogen-bond acceptors (Lipinski definition) is 4. The third-order valence-electron chi connectivity index (χ3n) is 4.55. The number of nitrogens with one attached hydrogen (secondary N) is 1. The molecule has 2 heterocycles. The normalized spacial score (nSPS) is 12.6. The van der Waals surface area contributed by atoms with Gasteiger partial charge in [-0.3, -0.25) is 9.78 Å². The van der Waals surface area contributed by atoms with Crippen molar-refractivity contribution in [3.05, 3.63) is 54.0 Å². The predicted octanol–water partition coefficient (Wildman–Crippen LogP) is 4.35. The Morgan fingerprint density at radius 1 is 1.21 bits per heavy atom. The minimum Gasteiger partial charge on any atom is -0.497 e. The van der Waals surface area contributed by atoms with E-state index in [0.29, 0.717) is 17.1 Å². The first-order valence-electron chi connectivity index (χ1n) is 8.77. The molecule has 3 aromatic rings. The van der Waals surface area contributed by atoms with Crippen LogP contribution in [0.25, 0.3) is 10.9 Å². The number of fused-ring (bicyclic) bond motifs is 1. The number of amides is 1. The highest BCUT2D eigenvalue weighted by Crippen LogP contribution is 2.25. The molecular formula is C20H20F3N3O3. The number of rotatable bonds is 6. The van der Waals surface area contributed by atoms with E-state index in [0.717, 1.165) is 10.9 Å². The lowest BCUT2D eigenvalue weighted by Crippen LogP contribution is -2.30. The van der Waals surface area contributed by atoms with Gasteiger partial charge in [-0.1, -0.05) is 0 Å². The molecule has 29 heavy (non-hydrogen) atoms. The van der Waals surface area contributed by atoms with Crippen molar-refractivity contribution in [2.45, 2.75) is 19.1 Å². The number of hydrogen-bond donors (Lipinski definition) is 1. The molecule has 0 aliphatic rings. The summed E-state index contributed by atoms with van der Waals surface area (Å²) in [6, 6.07) is 9.75. The number of alkyl halides is 3. The first kappa shape index (κ1) is 20.5. The zero-order chi connectivity index (χ0) is 21.2. The van der Waals surface area contributed by atoms with Crippen LogP contribution in [0.15, 0.2) is 42.6 Å². The Balaban J connectivity index is 1.72.